The van der Waals surface area contributed by atoms with Gasteiger partial charge in [0.2, 0.25) is 0 Å². The van der Waals surface area contributed by atoms with Crippen molar-refractivity contribution in [3.63, 3.8) is 0 Å². The van der Waals surface area contributed by atoms with Crippen molar-refractivity contribution < 1.29 is 24.5 Å². The minimum absolute atomic E-state index is 0.0732. The molecule has 2 aromatic rings. The molecule has 0 aliphatic carbocycles. The van der Waals surface area contributed by atoms with Gasteiger partial charge in [-0.15, -0.1) is 6.54 Å². The molecule has 5 heteroatoms. The van der Waals surface area contributed by atoms with Gasteiger partial charge >= 0.3 is 28.7 Å². The van der Waals surface area contributed by atoms with Gasteiger partial charge in [-0.1, -0.05) is 66.1 Å². The second kappa shape index (κ2) is 10.8. The molecule has 1 atom stereocenters. The zero-order valence-corrected chi connectivity index (χ0v) is 19.9. The molecule has 140 valence electrons. The summed E-state index contributed by atoms with van der Waals surface area (Å²) in [5.74, 6) is 0.433. The summed E-state index contributed by atoms with van der Waals surface area (Å²) in [6.45, 7) is 14.4. The molecule has 0 fully saturated rings. The van der Waals surface area contributed by atoms with Crippen LogP contribution in [0.15, 0.2) is 30.3 Å². The van der Waals surface area contributed by atoms with E-state index in [2.05, 4.69) is 79.6 Å². The molecule has 0 amide bonds. The molecule has 0 heterocycles. The summed E-state index contributed by atoms with van der Waals surface area (Å²) in [6.07, 6.45) is 0. The molecule has 0 radical (unpaired) electrons. The van der Waals surface area contributed by atoms with Crippen molar-refractivity contribution in [2.75, 3.05) is 6.54 Å². The molecule has 0 aliphatic heterocycles. The summed E-state index contributed by atoms with van der Waals surface area (Å²) in [6, 6.07) is 10.7. The summed E-state index contributed by atoms with van der Waals surface area (Å²) in [5, 5.41) is 17.5. The number of nitrogens with zero attached hydrogens (tertiary/aromatic N) is 1. The fraction of sp³-hybridized carbons (Fsp3) is 0.429. The minimum atomic E-state index is 0.0732. The fourth-order valence-electron chi connectivity index (χ4n) is 2.71. The van der Waals surface area contributed by atoms with Crippen LogP contribution in [0.5, 0.6) is 5.75 Å². The number of hydrogen-bond acceptors (Lipinski definition) is 1. The van der Waals surface area contributed by atoms with Crippen molar-refractivity contribution in [1.29, 1.82) is 0 Å². The summed E-state index contributed by atoms with van der Waals surface area (Å²) >= 11 is 1.47. The van der Waals surface area contributed by atoms with Crippen LogP contribution in [-0.4, -0.2) is 11.7 Å². The molecule has 0 bridgehead atoms. The second-order valence-corrected chi connectivity index (χ2v) is 8.66. The van der Waals surface area contributed by atoms with E-state index < -0.39 is 0 Å². The van der Waals surface area contributed by atoms with E-state index in [0.717, 1.165) is 24.0 Å². The third-order valence-corrected chi connectivity index (χ3v) is 5.91. The quantitative estimate of drug-likeness (QED) is 0.497. The Hall–Kier alpha value is -0.366. The third-order valence-electron chi connectivity index (χ3n) is 4.29. The van der Waals surface area contributed by atoms with Gasteiger partial charge in [0.25, 0.3) is 0 Å². The number of phenolic OH excluding ortho intramolecular Hbond substituents is 1. The van der Waals surface area contributed by atoms with E-state index in [0.29, 0.717) is 14.3 Å². The number of halogens is 1. The first-order valence-electron chi connectivity index (χ1n) is 8.75. The zero-order valence-electron chi connectivity index (χ0n) is 16.6. The monoisotopic (exact) mass is 425 g/mol. The Balaban J connectivity index is 0.00000163. The van der Waals surface area contributed by atoms with Crippen molar-refractivity contribution in [3.8, 4) is 5.75 Å². The van der Waals surface area contributed by atoms with Crippen molar-refractivity contribution in [1.82, 2.24) is 0 Å². The van der Waals surface area contributed by atoms with Crippen molar-refractivity contribution in [3.05, 3.63) is 57.9 Å². The summed E-state index contributed by atoms with van der Waals surface area (Å²) in [4.78, 5) is 0. The summed E-state index contributed by atoms with van der Waals surface area (Å²) in [7, 11) is 5.09. The number of phenols is 1. The van der Waals surface area contributed by atoms with Crippen LogP contribution in [-0.2, 0) is 31.3 Å². The topological polar surface area (TPSA) is 34.3 Å². The molecule has 1 unspecified atom stereocenters. The predicted molar refractivity (Wildman–Crippen MR) is 114 cm³/mol. The van der Waals surface area contributed by atoms with E-state index >= 15 is 0 Å². The molecule has 26 heavy (non-hydrogen) atoms. The number of aryl methyl sites for hydroxylation is 2. The SMILES string of the molecule is CC[N-]Cc1cccc(C)c1Pc1cc(C(C)(C)C)cc(C)c1O.[Cl][Ti+]. The molecule has 2 nitrogen and oxygen atoms in total. The molecular weight excluding hydrogens is 397 g/mol. The van der Waals surface area contributed by atoms with Gasteiger partial charge in [0.15, 0.2) is 0 Å². The summed E-state index contributed by atoms with van der Waals surface area (Å²) < 4.78 is 0. The Morgan fingerprint density at radius 2 is 1.77 bits per heavy atom. The third kappa shape index (κ3) is 6.36. The maximum atomic E-state index is 10.6. The standard InChI is InChI=1S/C21H29NOP.ClH.Ti/c1-7-22-13-16-10-8-9-14(2)20(16)24-18-12-17(21(4,5)6)11-15(3)19(18)23;;/h8-12,23-24H,7,13H2,1-6H3;1H;/q-1;;+2/p-1. The average Bonchev–Trinajstić information content (AvgIpc) is 2.59. The van der Waals surface area contributed by atoms with Crippen LogP contribution >= 0.6 is 17.9 Å². The van der Waals surface area contributed by atoms with Gasteiger partial charge in [-0.3, -0.25) is 0 Å². The van der Waals surface area contributed by atoms with E-state index in [9.17, 15) is 5.11 Å². The Labute approximate surface area is 176 Å². The Morgan fingerprint density at radius 3 is 2.35 bits per heavy atom. The van der Waals surface area contributed by atoms with Crippen molar-refractivity contribution in [2.24, 2.45) is 0 Å². The van der Waals surface area contributed by atoms with Crippen LogP contribution in [0, 0.1) is 13.8 Å². The van der Waals surface area contributed by atoms with Gasteiger partial charge in [-0.2, -0.15) is 6.54 Å². The van der Waals surface area contributed by atoms with E-state index in [1.165, 1.54) is 41.4 Å². The van der Waals surface area contributed by atoms with Crippen LogP contribution in [0.1, 0.15) is 49.9 Å². The van der Waals surface area contributed by atoms with Crippen LogP contribution < -0.4 is 10.6 Å². The molecule has 0 saturated carbocycles. The van der Waals surface area contributed by atoms with Crippen molar-refractivity contribution in [2.45, 2.75) is 53.5 Å². The predicted octanol–water partition coefficient (Wildman–Crippen LogP) is 5.52. The summed E-state index contributed by atoms with van der Waals surface area (Å²) in [5.41, 5.74) is 4.85. The van der Waals surface area contributed by atoms with E-state index in [-0.39, 0.29) is 5.41 Å². The van der Waals surface area contributed by atoms with E-state index in [4.69, 9.17) is 0 Å². The van der Waals surface area contributed by atoms with Crippen LogP contribution in [0.4, 0.5) is 0 Å². The number of hydrogen-bond donors (Lipinski definition) is 1. The molecular formula is C21H29ClNOPTi. The molecule has 1 N–H and O–H groups in total. The first kappa shape index (κ1) is 23.7. The molecule has 2 aromatic carbocycles. The van der Waals surface area contributed by atoms with Crippen LogP contribution in [0.3, 0.4) is 0 Å². The number of aromatic hydroxyl groups is 1. The van der Waals surface area contributed by atoms with Crippen LogP contribution in [0.25, 0.3) is 5.32 Å². The van der Waals surface area contributed by atoms with Gasteiger partial charge < -0.3 is 10.4 Å². The number of benzene rings is 2. The molecule has 0 aromatic heterocycles. The first-order valence-corrected chi connectivity index (χ1v) is 11.9. The Morgan fingerprint density at radius 1 is 1.12 bits per heavy atom. The zero-order chi connectivity index (χ0) is 19.9. The van der Waals surface area contributed by atoms with Gasteiger partial charge in [0.1, 0.15) is 5.75 Å². The Bertz CT molecular complexity index is 729. The van der Waals surface area contributed by atoms with Crippen LogP contribution in [0.2, 0.25) is 0 Å². The van der Waals surface area contributed by atoms with Gasteiger partial charge in [0.05, 0.1) is 0 Å². The normalized spacial score (nSPS) is 11.5. The molecule has 0 saturated heterocycles. The van der Waals surface area contributed by atoms with E-state index in [1.807, 2.05) is 6.92 Å². The average molecular weight is 426 g/mol. The molecule has 0 aliphatic rings. The molecule has 2 rings (SSSR count). The fourth-order valence-corrected chi connectivity index (χ4v) is 4.13. The Kier molecular flexibility index (Phi) is 9.87. The van der Waals surface area contributed by atoms with Gasteiger partial charge in [-0.05, 0) is 47.3 Å². The molecule has 0 spiro atoms. The first-order chi connectivity index (χ1) is 12.2. The van der Waals surface area contributed by atoms with E-state index in [1.54, 1.807) is 0 Å². The number of rotatable bonds is 5. The maximum absolute atomic E-state index is 10.6. The van der Waals surface area contributed by atoms with Crippen molar-refractivity contribution >= 4 is 28.5 Å². The second-order valence-electron chi connectivity index (χ2n) is 7.37. The van der Waals surface area contributed by atoms with Gasteiger partial charge in [0, 0.05) is 5.30 Å². The van der Waals surface area contributed by atoms with Gasteiger partial charge in [-0.25, -0.2) is 0 Å².